The van der Waals surface area contributed by atoms with Crippen molar-refractivity contribution in [3.63, 3.8) is 0 Å². The topological polar surface area (TPSA) is 47.6 Å². The molecule has 0 saturated carbocycles. The lowest BCUT2D eigenvalue weighted by Crippen LogP contribution is -2.34. The average Bonchev–Trinajstić information content (AvgIpc) is 2.37. The van der Waals surface area contributed by atoms with E-state index < -0.39 is 0 Å². The van der Waals surface area contributed by atoms with E-state index in [4.69, 9.17) is 9.47 Å². The monoisotopic (exact) mass is 235 g/mol. The molecule has 1 aliphatic heterocycles. The molecule has 1 aromatic carbocycles. The second-order valence-electron chi connectivity index (χ2n) is 4.01. The van der Waals surface area contributed by atoms with Crippen molar-refractivity contribution in [3.05, 3.63) is 23.8 Å². The van der Waals surface area contributed by atoms with Crippen LogP contribution in [0.1, 0.15) is 18.9 Å². The van der Waals surface area contributed by atoms with Gasteiger partial charge >= 0.3 is 5.97 Å². The fourth-order valence-corrected chi connectivity index (χ4v) is 2.01. The largest absolute Gasteiger partial charge is 0.497 e. The van der Waals surface area contributed by atoms with E-state index in [1.54, 1.807) is 7.11 Å². The van der Waals surface area contributed by atoms with E-state index >= 15 is 0 Å². The van der Waals surface area contributed by atoms with Crippen LogP contribution in [0.4, 0.5) is 5.69 Å². The molecular weight excluding hydrogens is 218 g/mol. The van der Waals surface area contributed by atoms with Crippen molar-refractivity contribution in [3.8, 4) is 5.75 Å². The summed E-state index contributed by atoms with van der Waals surface area (Å²) in [6.45, 7) is 2.24. The number of anilines is 1. The molecule has 92 valence electrons. The van der Waals surface area contributed by atoms with Crippen LogP contribution in [0.2, 0.25) is 0 Å². The fourth-order valence-electron chi connectivity index (χ4n) is 2.01. The Bertz CT molecular complexity index is 417. The number of hydrogen-bond acceptors (Lipinski definition) is 4. The van der Waals surface area contributed by atoms with Gasteiger partial charge in [-0.3, -0.25) is 0 Å². The lowest BCUT2D eigenvalue weighted by atomic mass is 9.98. The zero-order chi connectivity index (χ0) is 12.3. The summed E-state index contributed by atoms with van der Waals surface area (Å²) < 4.78 is 10.2. The van der Waals surface area contributed by atoms with E-state index in [1.807, 2.05) is 25.1 Å². The maximum Gasteiger partial charge on any atom is 0.328 e. The predicted octanol–water partition coefficient (Wildman–Crippen LogP) is 1.98. The summed E-state index contributed by atoms with van der Waals surface area (Å²) in [6.07, 6.45) is 1.66. The van der Waals surface area contributed by atoms with Gasteiger partial charge in [0.1, 0.15) is 11.8 Å². The summed E-state index contributed by atoms with van der Waals surface area (Å²) in [7, 11) is 1.63. The molecule has 0 aliphatic carbocycles. The van der Waals surface area contributed by atoms with Crippen LogP contribution < -0.4 is 10.1 Å². The zero-order valence-electron chi connectivity index (χ0n) is 10.2. The maximum absolute atomic E-state index is 11.6. The van der Waals surface area contributed by atoms with Gasteiger partial charge in [0, 0.05) is 11.8 Å². The van der Waals surface area contributed by atoms with Gasteiger partial charge in [-0.2, -0.15) is 0 Å². The highest BCUT2D eigenvalue weighted by Gasteiger charge is 2.24. The molecule has 0 bridgehead atoms. The van der Waals surface area contributed by atoms with Gasteiger partial charge in [0.25, 0.3) is 0 Å². The van der Waals surface area contributed by atoms with Crippen molar-refractivity contribution in [1.29, 1.82) is 0 Å². The normalized spacial score (nSPS) is 17.9. The Morgan fingerprint density at radius 1 is 1.53 bits per heavy atom. The molecule has 1 unspecified atom stereocenters. The summed E-state index contributed by atoms with van der Waals surface area (Å²) in [4.78, 5) is 11.6. The van der Waals surface area contributed by atoms with Crippen molar-refractivity contribution >= 4 is 11.7 Å². The van der Waals surface area contributed by atoms with Gasteiger partial charge in [0.05, 0.1) is 13.7 Å². The second-order valence-corrected chi connectivity index (χ2v) is 4.01. The Hall–Kier alpha value is -1.71. The molecule has 2 rings (SSSR count). The summed E-state index contributed by atoms with van der Waals surface area (Å²) in [5, 5.41) is 3.20. The number of fused-ring (bicyclic) bond motifs is 1. The van der Waals surface area contributed by atoms with E-state index in [0.717, 1.165) is 24.3 Å². The zero-order valence-corrected chi connectivity index (χ0v) is 10.2. The number of benzene rings is 1. The standard InChI is InChI=1S/C13H17NO3/c1-3-17-13(15)11-7-5-9-4-6-10(16-2)8-12(9)14-11/h4,6,8,11,14H,3,5,7H2,1-2H3. The Balaban J connectivity index is 2.14. The fraction of sp³-hybridized carbons (Fsp3) is 0.462. The smallest absolute Gasteiger partial charge is 0.328 e. The van der Waals surface area contributed by atoms with Gasteiger partial charge in [-0.05, 0) is 31.4 Å². The average molecular weight is 235 g/mol. The number of rotatable bonds is 3. The van der Waals surface area contributed by atoms with Crippen LogP contribution in [-0.2, 0) is 16.0 Å². The number of hydrogen-bond donors (Lipinski definition) is 1. The van der Waals surface area contributed by atoms with Crippen molar-refractivity contribution in [2.24, 2.45) is 0 Å². The number of carbonyl (C=O) groups is 1. The summed E-state index contributed by atoms with van der Waals surface area (Å²) in [5.41, 5.74) is 2.18. The first-order valence-electron chi connectivity index (χ1n) is 5.84. The SMILES string of the molecule is CCOC(=O)C1CCc2ccc(OC)cc2N1. The summed E-state index contributed by atoms with van der Waals surface area (Å²) in [5.74, 6) is 0.613. The Morgan fingerprint density at radius 3 is 3.06 bits per heavy atom. The molecule has 4 heteroatoms. The maximum atomic E-state index is 11.6. The lowest BCUT2D eigenvalue weighted by Gasteiger charge is -2.25. The van der Waals surface area contributed by atoms with Crippen molar-refractivity contribution in [2.45, 2.75) is 25.8 Å². The number of carbonyl (C=O) groups excluding carboxylic acids is 1. The molecule has 0 aromatic heterocycles. The number of nitrogens with one attached hydrogen (secondary N) is 1. The predicted molar refractivity (Wildman–Crippen MR) is 65.4 cm³/mol. The number of aryl methyl sites for hydroxylation is 1. The van der Waals surface area contributed by atoms with Crippen LogP contribution in [0.25, 0.3) is 0 Å². The first-order chi connectivity index (χ1) is 8.24. The van der Waals surface area contributed by atoms with E-state index in [9.17, 15) is 4.79 Å². The van der Waals surface area contributed by atoms with Gasteiger partial charge in [-0.1, -0.05) is 6.07 Å². The number of methoxy groups -OCH3 is 1. The minimum Gasteiger partial charge on any atom is -0.497 e. The lowest BCUT2D eigenvalue weighted by molar-refractivity contribution is -0.144. The highest BCUT2D eigenvalue weighted by Crippen LogP contribution is 2.29. The molecule has 0 spiro atoms. The van der Waals surface area contributed by atoms with Crippen LogP contribution in [0.3, 0.4) is 0 Å². The van der Waals surface area contributed by atoms with Gasteiger partial charge in [-0.15, -0.1) is 0 Å². The molecule has 0 amide bonds. The van der Waals surface area contributed by atoms with Gasteiger partial charge in [0.2, 0.25) is 0 Å². The van der Waals surface area contributed by atoms with Crippen LogP contribution in [0.15, 0.2) is 18.2 Å². The minimum absolute atomic E-state index is 0.180. The summed E-state index contributed by atoms with van der Waals surface area (Å²) in [6, 6.07) is 5.64. The van der Waals surface area contributed by atoms with Crippen LogP contribution in [0.5, 0.6) is 5.75 Å². The third-order valence-corrected chi connectivity index (χ3v) is 2.92. The molecule has 1 aromatic rings. The van der Waals surface area contributed by atoms with Gasteiger partial charge in [0.15, 0.2) is 0 Å². The van der Waals surface area contributed by atoms with Crippen molar-refractivity contribution in [2.75, 3.05) is 19.0 Å². The first kappa shape index (κ1) is 11.8. The highest BCUT2D eigenvalue weighted by molar-refractivity contribution is 5.80. The molecule has 0 radical (unpaired) electrons. The second kappa shape index (κ2) is 5.08. The quantitative estimate of drug-likeness (QED) is 0.814. The minimum atomic E-state index is -0.241. The molecule has 1 atom stereocenters. The van der Waals surface area contributed by atoms with Crippen LogP contribution >= 0.6 is 0 Å². The summed E-state index contributed by atoms with van der Waals surface area (Å²) >= 11 is 0. The molecule has 17 heavy (non-hydrogen) atoms. The van der Waals surface area contributed by atoms with Crippen molar-refractivity contribution < 1.29 is 14.3 Å². The Labute approximate surface area is 101 Å². The molecule has 1 aliphatic rings. The highest BCUT2D eigenvalue weighted by atomic mass is 16.5. The van der Waals surface area contributed by atoms with Gasteiger partial charge < -0.3 is 14.8 Å². The van der Waals surface area contributed by atoms with Crippen LogP contribution in [0, 0.1) is 0 Å². The molecule has 0 saturated heterocycles. The van der Waals surface area contributed by atoms with Gasteiger partial charge in [-0.25, -0.2) is 4.79 Å². The van der Waals surface area contributed by atoms with E-state index in [2.05, 4.69) is 5.32 Å². The molecule has 1 heterocycles. The molecule has 0 fully saturated rings. The third kappa shape index (κ3) is 2.52. The first-order valence-corrected chi connectivity index (χ1v) is 5.84. The number of esters is 1. The van der Waals surface area contributed by atoms with E-state index in [-0.39, 0.29) is 12.0 Å². The molecule has 1 N–H and O–H groups in total. The Kier molecular flexibility index (Phi) is 3.52. The van der Waals surface area contributed by atoms with E-state index in [0.29, 0.717) is 6.61 Å². The van der Waals surface area contributed by atoms with Crippen LogP contribution in [-0.4, -0.2) is 25.7 Å². The third-order valence-electron chi connectivity index (χ3n) is 2.92. The molecule has 4 nitrogen and oxygen atoms in total. The Morgan fingerprint density at radius 2 is 2.35 bits per heavy atom. The number of ether oxygens (including phenoxy) is 2. The van der Waals surface area contributed by atoms with Crippen molar-refractivity contribution in [1.82, 2.24) is 0 Å². The van der Waals surface area contributed by atoms with E-state index in [1.165, 1.54) is 5.56 Å². The molecular formula is C13H17NO3.